The second-order valence-electron chi connectivity index (χ2n) is 6.04. The normalized spacial score (nSPS) is 14.4. The SMILES string of the molecule is CCOc1ccccc1NC(=O)C1(C(=O)Nc2ccc(Cl)cc2Cl)CC1. The second-order valence-corrected chi connectivity index (χ2v) is 6.89. The van der Waals surface area contributed by atoms with Crippen LogP contribution in [0.3, 0.4) is 0 Å². The molecular formula is C19H18Cl2N2O3. The molecule has 5 nitrogen and oxygen atoms in total. The maximum Gasteiger partial charge on any atom is 0.240 e. The summed E-state index contributed by atoms with van der Waals surface area (Å²) in [5.74, 6) is -0.166. The van der Waals surface area contributed by atoms with Gasteiger partial charge in [0.1, 0.15) is 11.2 Å². The van der Waals surface area contributed by atoms with Gasteiger partial charge in [-0.3, -0.25) is 9.59 Å². The van der Waals surface area contributed by atoms with Gasteiger partial charge in [0.2, 0.25) is 11.8 Å². The Bertz CT molecular complexity index is 850. The molecule has 26 heavy (non-hydrogen) atoms. The summed E-state index contributed by atoms with van der Waals surface area (Å²) in [4.78, 5) is 25.4. The molecule has 2 amide bonds. The Kier molecular flexibility index (Phi) is 5.39. The molecule has 0 heterocycles. The van der Waals surface area contributed by atoms with Gasteiger partial charge in [-0.2, -0.15) is 0 Å². The second kappa shape index (κ2) is 7.56. The smallest absolute Gasteiger partial charge is 0.240 e. The average molecular weight is 393 g/mol. The van der Waals surface area contributed by atoms with E-state index in [9.17, 15) is 9.59 Å². The predicted octanol–water partition coefficient (Wildman–Crippen LogP) is 4.75. The van der Waals surface area contributed by atoms with E-state index in [1.54, 1.807) is 30.3 Å². The number of carbonyl (C=O) groups excluding carboxylic acids is 2. The number of para-hydroxylation sites is 2. The Hall–Kier alpha value is -2.24. The summed E-state index contributed by atoms with van der Waals surface area (Å²) in [7, 11) is 0. The number of halogens is 2. The van der Waals surface area contributed by atoms with E-state index in [0.29, 0.717) is 46.6 Å². The first-order valence-electron chi connectivity index (χ1n) is 8.26. The quantitative estimate of drug-likeness (QED) is 0.696. The molecule has 136 valence electrons. The summed E-state index contributed by atoms with van der Waals surface area (Å²) in [6, 6.07) is 11.9. The molecule has 1 aliphatic rings. The number of amides is 2. The van der Waals surface area contributed by atoms with E-state index in [0.717, 1.165) is 0 Å². The van der Waals surface area contributed by atoms with Crippen molar-refractivity contribution in [3.63, 3.8) is 0 Å². The lowest BCUT2D eigenvalue weighted by atomic mass is 10.0. The van der Waals surface area contributed by atoms with Gasteiger partial charge in [0.25, 0.3) is 0 Å². The van der Waals surface area contributed by atoms with Gasteiger partial charge in [-0.15, -0.1) is 0 Å². The highest BCUT2D eigenvalue weighted by Gasteiger charge is 2.56. The van der Waals surface area contributed by atoms with Crippen molar-refractivity contribution in [1.29, 1.82) is 0 Å². The largest absolute Gasteiger partial charge is 0.492 e. The molecule has 0 bridgehead atoms. The number of nitrogens with one attached hydrogen (secondary N) is 2. The van der Waals surface area contributed by atoms with Gasteiger partial charge in [-0.05, 0) is 50.1 Å². The fraction of sp³-hybridized carbons (Fsp3) is 0.263. The van der Waals surface area contributed by atoms with Crippen LogP contribution in [-0.4, -0.2) is 18.4 Å². The van der Waals surface area contributed by atoms with Gasteiger partial charge in [-0.1, -0.05) is 35.3 Å². The summed E-state index contributed by atoms with van der Waals surface area (Å²) < 4.78 is 5.51. The standard InChI is InChI=1S/C19H18Cl2N2O3/c1-2-26-16-6-4-3-5-15(16)23-18(25)19(9-10-19)17(24)22-14-8-7-12(20)11-13(14)21/h3-8,11H,2,9-10H2,1H3,(H,22,24)(H,23,25). The molecule has 0 spiro atoms. The maximum atomic E-state index is 12.7. The number of ether oxygens (including phenoxy) is 1. The molecule has 1 aliphatic carbocycles. The lowest BCUT2D eigenvalue weighted by Gasteiger charge is -2.17. The molecule has 0 aromatic heterocycles. The number of hydrogen-bond acceptors (Lipinski definition) is 3. The highest BCUT2D eigenvalue weighted by Crippen LogP contribution is 2.48. The molecular weight excluding hydrogens is 375 g/mol. The number of benzene rings is 2. The van der Waals surface area contributed by atoms with E-state index < -0.39 is 5.41 Å². The van der Waals surface area contributed by atoms with Gasteiger partial charge in [0, 0.05) is 5.02 Å². The Morgan fingerprint density at radius 1 is 1.04 bits per heavy atom. The van der Waals surface area contributed by atoms with Gasteiger partial charge >= 0.3 is 0 Å². The molecule has 0 atom stereocenters. The minimum atomic E-state index is -1.09. The van der Waals surface area contributed by atoms with E-state index >= 15 is 0 Å². The number of rotatable bonds is 6. The molecule has 7 heteroatoms. The molecule has 0 aliphatic heterocycles. The summed E-state index contributed by atoms with van der Waals surface area (Å²) in [5, 5.41) is 6.33. The van der Waals surface area contributed by atoms with Gasteiger partial charge in [-0.25, -0.2) is 0 Å². The molecule has 2 aromatic carbocycles. The summed E-state index contributed by atoms with van der Waals surface area (Å²) in [6.45, 7) is 2.35. The van der Waals surface area contributed by atoms with E-state index in [2.05, 4.69) is 10.6 Å². The molecule has 0 radical (unpaired) electrons. The lowest BCUT2D eigenvalue weighted by molar-refractivity contribution is -0.131. The van der Waals surface area contributed by atoms with Crippen LogP contribution in [0.5, 0.6) is 5.75 Å². The van der Waals surface area contributed by atoms with E-state index in [1.807, 2.05) is 13.0 Å². The van der Waals surface area contributed by atoms with Crippen LogP contribution in [0.15, 0.2) is 42.5 Å². The van der Waals surface area contributed by atoms with Crippen LogP contribution in [-0.2, 0) is 9.59 Å². The number of carbonyl (C=O) groups is 2. The zero-order chi connectivity index (χ0) is 18.7. The molecule has 3 rings (SSSR count). The van der Waals surface area contributed by atoms with E-state index in [4.69, 9.17) is 27.9 Å². The van der Waals surface area contributed by atoms with Crippen LogP contribution in [0, 0.1) is 5.41 Å². The van der Waals surface area contributed by atoms with Gasteiger partial charge < -0.3 is 15.4 Å². The topological polar surface area (TPSA) is 67.4 Å². The van der Waals surface area contributed by atoms with Crippen molar-refractivity contribution in [1.82, 2.24) is 0 Å². The van der Waals surface area contributed by atoms with Crippen molar-refractivity contribution in [2.45, 2.75) is 19.8 Å². The van der Waals surface area contributed by atoms with Crippen LogP contribution >= 0.6 is 23.2 Å². The number of hydrogen-bond donors (Lipinski definition) is 2. The van der Waals surface area contributed by atoms with Crippen LogP contribution in [0.25, 0.3) is 0 Å². The van der Waals surface area contributed by atoms with Crippen molar-refractivity contribution in [2.24, 2.45) is 5.41 Å². The third-order valence-corrected chi connectivity index (χ3v) is 4.78. The Balaban J connectivity index is 1.74. The Morgan fingerprint density at radius 3 is 2.31 bits per heavy atom. The fourth-order valence-electron chi connectivity index (χ4n) is 2.61. The van der Waals surface area contributed by atoms with Crippen LogP contribution < -0.4 is 15.4 Å². The molecule has 2 aromatic rings. The first-order chi connectivity index (χ1) is 12.5. The third kappa shape index (κ3) is 3.79. The molecule has 0 unspecified atom stereocenters. The molecule has 0 saturated heterocycles. The summed E-state index contributed by atoms with van der Waals surface area (Å²) in [5.41, 5.74) is -0.125. The first kappa shape index (κ1) is 18.5. The number of anilines is 2. The zero-order valence-electron chi connectivity index (χ0n) is 14.1. The fourth-order valence-corrected chi connectivity index (χ4v) is 3.06. The van der Waals surface area contributed by atoms with Crippen LogP contribution in [0.4, 0.5) is 11.4 Å². The zero-order valence-corrected chi connectivity index (χ0v) is 15.7. The van der Waals surface area contributed by atoms with Crippen molar-refractivity contribution >= 4 is 46.4 Å². The minimum absolute atomic E-state index is 0.323. The van der Waals surface area contributed by atoms with E-state index in [1.165, 1.54) is 6.07 Å². The monoisotopic (exact) mass is 392 g/mol. The first-order valence-corrected chi connectivity index (χ1v) is 9.01. The molecule has 1 fully saturated rings. The average Bonchev–Trinajstić information content (AvgIpc) is 3.41. The highest BCUT2D eigenvalue weighted by atomic mass is 35.5. The lowest BCUT2D eigenvalue weighted by Crippen LogP contribution is -2.35. The van der Waals surface area contributed by atoms with Crippen molar-refractivity contribution in [2.75, 3.05) is 17.2 Å². The molecule has 2 N–H and O–H groups in total. The summed E-state index contributed by atoms with van der Waals surface area (Å²) in [6.07, 6.45) is 0.958. The predicted molar refractivity (Wildman–Crippen MR) is 103 cm³/mol. The highest BCUT2D eigenvalue weighted by molar-refractivity contribution is 6.37. The Labute approximate surface area is 161 Å². The minimum Gasteiger partial charge on any atom is -0.492 e. The van der Waals surface area contributed by atoms with Crippen molar-refractivity contribution < 1.29 is 14.3 Å². The van der Waals surface area contributed by atoms with Crippen LogP contribution in [0.2, 0.25) is 10.0 Å². The van der Waals surface area contributed by atoms with Crippen molar-refractivity contribution in [3.8, 4) is 5.75 Å². The summed E-state index contributed by atoms with van der Waals surface area (Å²) >= 11 is 12.0. The van der Waals surface area contributed by atoms with Gasteiger partial charge in [0.15, 0.2) is 0 Å². The van der Waals surface area contributed by atoms with Crippen molar-refractivity contribution in [3.05, 3.63) is 52.5 Å². The third-order valence-electron chi connectivity index (χ3n) is 4.23. The Morgan fingerprint density at radius 2 is 1.69 bits per heavy atom. The maximum absolute atomic E-state index is 12.7. The van der Waals surface area contributed by atoms with Crippen LogP contribution in [0.1, 0.15) is 19.8 Å². The van der Waals surface area contributed by atoms with Gasteiger partial charge in [0.05, 0.1) is 23.0 Å². The van der Waals surface area contributed by atoms with E-state index in [-0.39, 0.29) is 11.8 Å². The molecule has 1 saturated carbocycles.